The molecule has 0 radical (unpaired) electrons. The standard InChI is InChI=1S/C22H22N2O4S2/c1-4-6-14-28-17-9-7-16(8-10-17)21(25)23-22-24(13-5-2)19-12-11-18(30(3,26)27)15-20(19)29-22/h2,7-12,15H,4,6,13-14H2,1,3H3. The first-order chi connectivity index (χ1) is 14.3. The van der Waals surface area contributed by atoms with Crippen LogP contribution in [0.15, 0.2) is 52.4 Å². The van der Waals surface area contributed by atoms with Gasteiger partial charge in [-0.2, -0.15) is 4.99 Å². The van der Waals surface area contributed by atoms with E-state index in [1.165, 1.54) is 17.4 Å². The number of hydrogen-bond donors (Lipinski definition) is 0. The average molecular weight is 443 g/mol. The van der Waals surface area contributed by atoms with Crippen molar-refractivity contribution >= 4 is 37.3 Å². The Kier molecular flexibility index (Phi) is 6.75. The van der Waals surface area contributed by atoms with Crippen molar-refractivity contribution in [2.24, 2.45) is 4.99 Å². The van der Waals surface area contributed by atoms with Gasteiger partial charge < -0.3 is 9.30 Å². The summed E-state index contributed by atoms with van der Waals surface area (Å²) in [6.07, 6.45) is 8.66. The van der Waals surface area contributed by atoms with Gasteiger partial charge in [0.25, 0.3) is 5.91 Å². The van der Waals surface area contributed by atoms with Gasteiger partial charge in [-0.3, -0.25) is 4.79 Å². The number of fused-ring (bicyclic) bond motifs is 1. The number of amides is 1. The van der Waals surface area contributed by atoms with Gasteiger partial charge in [-0.15, -0.1) is 6.42 Å². The van der Waals surface area contributed by atoms with Crippen molar-refractivity contribution in [3.8, 4) is 18.1 Å². The largest absolute Gasteiger partial charge is 0.494 e. The molecule has 0 bridgehead atoms. The maximum atomic E-state index is 12.7. The minimum absolute atomic E-state index is 0.209. The molecule has 1 heterocycles. The van der Waals surface area contributed by atoms with E-state index >= 15 is 0 Å². The molecule has 0 saturated carbocycles. The number of unbranched alkanes of at least 4 members (excludes halogenated alkanes) is 1. The Balaban J connectivity index is 1.97. The molecule has 0 aliphatic rings. The van der Waals surface area contributed by atoms with Crippen LogP contribution in [0.25, 0.3) is 10.2 Å². The van der Waals surface area contributed by atoms with Gasteiger partial charge in [0.05, 0.1) is 28.3 Å². The molecule has 0 fully saturated rings. The minimum Gasteiger partial charge on any atom is -0.494 e. The summed E-state index contributed by atoms with van der Waals surface area (Å²) >= 11 is 1.22. The Hall–Kier alpha value is -2.89. The molecule has 0 unspecified atom stereocenters. The van der Waals surface area contributed by atoms with E-state index in [1.54, 1.807) is 41.0 Å². The van der Waals surface area contributed by atoms with Gasteiger partial charge in [-0.25, -0.2) is 8.42 Å². The number of carbonyl (C=O) groups excluding carboxylic acids is 1. The van der Waals surface area contributed by atoms with E-state index in [1.807, 2.05) is 0 Å². The molecule has 1 aromatic heterocycles. The highest BCUT2D eigenvalue weighted by Crippen LogP contribution is 2.22. The molecular weight excluding hydrogens is 420 g/mol. The van der Waals surface area contributed by atoms with Crippen molar-refractivity contribution in [1.29, 1.82) is 0 Å². The van der Waals surface area contributed by atoms with E-state index in [2.05, 4.69) is 17.8 Å². The van der Waals surface area contributed by atoms with Gasteiger partial charge in [-0.1, -0.05) is 30.6 Å². The van der Waals surface area contributed by atoms with Crippen LogP contribution in [0.2, 0.25) is 0 Å². The molecule has 0 saturated heterocycles. The van der Waals surface area contributed by atoms with E-state index in [9.17, 15) is 13.2 Å². The number of sulfone groups is 1. The Morgan fingerprint density at radius 3 is 2.60 bits per heavy atom. The maximum absolute atomic E-state index is 12.7. The maximum Gasteiger partial charge on any atom is 0.279 e. The van der Waals surface area contributed by atoms with Crippen LogP contribution in [-0.2, 0) is 16.4 Å². The van der Waals surface area contributed by atoms with Gasteiger partial charge in [0.1, 0.15) is 5.75 Å². The Morgan fingerprint density at radius 2 is 1.97 bits per heavy atom. The summed E-state index contributed by atoms with van der Waals surface area (Å²) in [5.74, 6) is 2.86. The quantitative estimate of drug-likeness (QED) is 0.413. The number of hydrogen-bond acceptors (Lipinski definition) is 5. The zero-order chi connectivity index (χ0) is 21.7. The lowest BCUT2D eigenvalue weighted by atomic mass is 10.2. The van der Waals surface area contributed by atoms with Crippen LogP contribution in [0.3, 0.4) is 0 Å². The van der Waals surface area contributed by atoms with Crippen LogP contribution in [0.1, 0.15) is 30.1 Å². The summed E-state index contributed by atoms with van der Waals surface area (Å²) in [6, 6.07) is 11.6. The van der Waals surface area contributed by atoms with E-state index in [-0.39, 0.29) is 11.4 Å². The molecule has 0 aliphatic heterocycles. The summed E-state index contributed by atoms with van der Waals surface area (Å²) in [5, 5.41) is 0. The second kappa shape index (κ2) is 9.28. The lowest BCUT2D eigenvalue weighted by Gasteiger charge is -2.05. The SMILES string of the molecule is C#CCn1c(=NC(=O)c2ccc(OCCCC)cc2)sc2cc(S(C)(=O)=O)ccc21. The van der Waals surface area contributed by atoms with Crippen LogP contribution < -0.4 is 9.54 Å². The van der Waals surface area contributed by atoms with E-state index in [0.717, 1.165) is 24.6 Å². The summed E-state index contributed by atoms with van der Waals surface area (Å²) < 4.78 is 31.7. The molecule has 0 N–H and O–H groups in total. The molecule has 2 aromatic carbocycles. The van der Waals surface area contributed by atoms with Crippen molar-refractivity contribution < 1.29 is 17.9 Å². The van der Waals surface area contributed by atoms with E-state index in [0.29, 0.717) is 27.4 Å². The van der Waals surface area contributed by atoms with Gasteiger partial charge >= 0.3 is 0 Å². The number of terminal acetylenes is 1. The van der Waals surface area contributed by atoms with Crippen molar-refractivity contribution in [2.45, 2.75) is 31.2 Å². The van der Waals surface area contributed by atoms with Gasteiger partial charge in [0.2, 0.25) is 0 Å². The number of ether oxygens (including phenoxy) is 1. The summed E-state index contributed by atoms with van der Waals surface area (Å²) in [4.78, 5) is 17.5. The number of carbonyl (C=O) groups is 1. The molecule has 30 heavy (non-hydrogen) atoms. The predicted molar refractivity (Wildman–Crippen MR) is 118 cm³/mol. The van der Waals surface area contributed by atoms with Crippen molar-refractivity contribution in [1.82, 2.24) is 4.57 Å². The molecule has 3 rings (SSSR count). The lowest BCUT2D eigenvalue weighted by molar-refractivity contribution is 0.0998. The predicted octanol–water partition coefficient (Wildman–Crippen LogP) is 3.66. The Morgan fingerprint density at radius 1 is 1.23 bits per heavy atom. The first-order valence-corrected chi connectivity index (χ1v) is 12.1. The highest BCUT2D eigenvalue weighted by atomic mass is 32.2. The van der Waals surface area contributed by atoms with Crippen LogP contribution in [-0.4, -0.2) is 31.8 Å². The van der Waals surface area contributed by atoms with Crippen molar-refractivity contribution in [3.05, 3.63) is 52.8 Å². The van der Waals surface area contributed by atoms with Crippen molar-refractivity contribution in [2.75, 3.05) is 12.9 Å². The zero-order valence-corrected chi connectivity index (χ0v) is 18.4. The Bertz CT molecular complexity index is 1280. The van der Waals surface area contributed by atoms with Crippen LogP contribution in [0.4, 0.5) is 0 Å². The molecule has 0 spiro atoms. The second-order valence-electron chi connectivity index (χ2n) is 6.72. The molecule has 8 heteroatoms. The first-order valence-electron chi connectivity index (χ1n) is 9.42. The number of rotatable bonds is 7. The number of nitrogens with zero attached hydrogens (tertiary/aromatic N) is 2. The van der Waals surface area contributed by atoms with E-state index in [4.69, 9.17) is 11.2 Å². The minimum atomic E-state index is -3.34. The summed E-state index contributed by atoms with van der Waals surface area (Å²) in [6.45, 7) is 2.95. The Labute approximate surface area is 179 Å². The molecule has 0 atom stereocenters. The highest BCUT2D eigenvalue weighted by molar-refractivity contribution is 7.90. The monoisotopic (exact) mass is 442 g/mol. The number of thiazole rings is 1. The normalized spacial score (nSPS) is 12.1. The first kappa shape index (κ1) is 21.8. The van der Waals surface area contributed by atoms with E-state index < -0.39 is 15.7 Å². The number of aromatic nitrogens is 1. The summed E-state index contributed by atoms with van der Waals surface area (Å²) in [7, 11) is -3.34. The van der Waals surface area contributed by atoms with Gasteiger partial charge in [0.15, 0.2) is 14.6 Å². The molecule has 0 aliphatic carbocycles. The summed E-state index contributed by atoms with van der Waals surface area (Å²) in [5.41, 5.74) is 1.16. The van der Waals surface area contributed by atoms with Crippen LogP contribution >= 0.6 is 11.3 Å². The molecule has 6 nitrogen and oxygen atoms in total. The second-order valence-corrected chi connectivity index (χ2v) is 9.74. The highest BCUT2D eigenvalue weighted by Gasteiger charge is 2.13. The third kappa shape index (κ3) is 4.99. The molecular formula is C22H22N2O4S2. The molecule has 3 aromatic rings. The van der Waals surface area contributed by atoms with Crippen molar-refractivity contribution in [3.63, 3.8) is 0 Å². The third-order valence-corrected chi connectivity index (χ3v) is 6.55. The average Bonchev–Trinajstić information content (AvgIpc) is 3.05. The van der Waals surface area contributed by atoms with Gasteiger partial charge in [-0.05, 0) is 48.9 Å². The molecule has 156 valence electrons. The third-order valence-electron chi connectivity index (χ3n) is 4.40. The fourth-order valence-electron chi connectivity index (χ4n) is 2.79. The molecule has 1 amide bonds. The fraction of sp³-hybridized carbons (Fsp3) is 0.273. The smallest absolute Gasteiger partial charge is 0.279 e. The zero-order valence-electron chi connectivity index (χ0n) is 16.8. The van der Waals surface area contributed by atoms with Crippen LogP contribution in [0, 0.1) is 12.3 Å². The topological polar surface area (TPSA) is 77.7 Å². The van der Waals surface area contributed by atoms with Crippen LogP contribution in [0.5, 0.6) is 5.75 Å². The lowest BCUT2D eigenvalue weighted by Crippen LogP contribution is -2.16. The number of benzene rings is 2. The van der Waals surface area contributed by atoms with Gasteiger partial charge in [0, 0.05) is 11.8 Å². The fourth-order valence-corrected chi connectivity index (χ4v) is 4.58.